The van der Waals surface area contributed by atoms with Crippen molar-refractivity contribution in [2.24, 2.45) is 5.73 Å². The quantitative estimate of drug-likeness (QED) is 0.126. The van der Waals surface area contributed by atoms with Gasteiger partial charge in [0.05, 0.1) is 19.0 Å². The minimum atomic E-state index is -4.28. The van der Waals surface area contributed by atoms with E-state index in [1.165, 1.54) is 24.7 Å². The van der Waals surface area contributed by atoms with Crippen LogP contribution in [0.3, 0.4) is 0 Å². The number of anilines is 1. The van der Waals surface area contributed by atoms with Crippen molar-refractivity contribution in [1.82, 2.24) is 24.6 Å². The number of aromatic nitrogens is 4. The van der Waals surface area contributed by atoms with Gasteiger partial charge in [-0.05, 0) is 39.8 Å². The number of aliphatic hydroxyl groups excluding tert-OH is 1. The van der Waals surface area contributed by atoms with Gasteiger partial charge in [-0.3, -0.25) is 23.7 Å². The van der Waals surface area contributed by atoms with E-state index in [0.717, 1.165) is 0 Å². The Labute approximate surface area is 235 Å². The van der Waals surface area contributed by atoms with Gasteiger partial charge in [0.2, 0.25) is 5.95 Å². The summed E-state index contributed by atoms with van der Waals surface area (Å²) in [5.74, 6) is 4.80. The lowest BCUT2D eigenvalue weighted by Crippen LogP contribution is -2.53. The van der Waals surface area contributed by atoms with Crippen LogP contribution in [0.25, 0.3) is 11.2 Å². The number of carbonyl (C=O) groups excluding carboxylic acids is 1. The summed E-state index contributed by atoms with van der Waals surface area (Å²) in [6.45, 7) is 5.82. The number of carbonyl (C=O) groups is 1. The number of ether oxygens (including phenoxy) is 2. The first-order valence-electron chi connectivity index (χ1n) is 12.6. The molecule has 41 heavy (non-hydrogen) atoms. The Hall–Kier alpha value is -3.77. The second-order valence-corrected chi connectivity index (χ2v) is 11.3. The number of fused-ring (bicyclic) bond motifs is 1. The number of H-pyrrole nitrogens is 1. The van der Waals surface area contributed by atoms with Gasteiger partial charge in [-0.25, -0.2) is 9.55 Å². The Bertz CT molecular complexity index is 1570. The first-order valence-corrected chi connectivity index (χ1v) is 14.2. The maximum atomic E-state index is 13.9. The summed E-state index contributed by atoms with van der Waals surface area (Å²) in [6, 6.07) is 7.09. The molecule has 2 aromatic heterocycles. The number of nitrogens with zero attached hydrogens (tertiary/aromatic N) is 3. The fourth-order valence-corrected chi connectivity index (χ4v) is 5.71. The van der Waals surface area contributed by atoms with Crippen LogP contribution in [-0.4, -0.2) is 67.1 Å². The number of esters is 1. The molecule has 1 aliphatic heterocycles. The van der Waals surface area contributed by atoms with E-state index in [1.54, 1.807) is 44.2 Å². The van der Waals surface area contributed by atoms with Crippen molar-refractivity contribution < 1.29 is 33.0 Å². The van der Waals surface area contributed by atoms with E-state index in [-0.39, 0.29) is 22.9 Å². The zero-order chi connectivity index (χ0) is 29.9. The Morgan fingerprint density at radius 2 is 2.05 bits per heavy atom. The summed E-state index contributed by atoms with van der Waals surface area (Å²) in [5.41, 5.74) is 9.98. The highest BCUT2D eigenvalue weighted by atomic mass is 31.2. The number of nitrogens with one attached hydrogen (secondary N) is 2. The van der Waals surface area contributed by atoms with E-state index in [1.807, 2.05) is 0 Å². The number of aliphatic hydroxyl groups is 1. The third-order valence-corrected chi connectivity index (χ3v) is 7.68. The Morgan fingerprint density at radius 3 is 2.71 bits per heavy atom. The van der Waals surface area contributed by atoms with Gasteiger partial charge in [0, 0.05) is 0 Å². The van der Waals surface area contributed by atoms with Crippen LogP contribution in [0.2, 0.25) is 0 Å². The number of nitrogen functional groups attached to an aromatic ring is 1. The zero-order valence-electron chi connectivity index (χ0n) is 22.8. The van der Waals surface area contributed by atoms with Crippen LogP contribution < -0.4 is 26.6 Å². The normalized spacial score (nSPS) is 24.4. The van der Waals surface area contributed by atoms with Crippen LogP contribution in [0.15, 0.2) is 41.5 Å². The molecule has 15 nitrogen and oxygen atoms in total. The largest absolute Gasteiger partial charge is 0.462 e. The van der Waals surface area contributed by atoms with Crippen LogP contribution in [0, 0.1) is 11.8 Å². The number of nitrogens with two attached hydrogens (primary N) is 2. The maximum Gasteiger partial charge on any atom is 0.459 e. The molecule has 1 fully saturated rings. The Morgan fingerprint density at radius 1 is 1.34 bits per heavy atom. The average Bonchev–Trinajstić information content (AvgIpc) is 3.42. The molecule has 0 amide bonds. The van der Waals surface area contributed by atoms with Crippen molar-refractivity contribution in [3.63, 3.8) is 0 Å². The van der Waals surface area contributed by atoms with E-state index >= 15 is 0 Å². The molecule has 0 aliphatic carbocycles. The molecule has 3 aromatic rings. The molecular weight excluding hydrogens is 557 g/mol. The topological polar surface area (TPSA) is 219 Å². The van der Waals surface area contributed by atoms with Crippen LogP contribution in [0.4, 0.5) is 5.95 Å². The van der Waals surface area contributed by atoms with E-state index in [4.69, 9.17) is 30.0 Å². The van der Waals surface area contributed by atoms with Crippen molar-refractivity contribution in [2.45, 2.75) is 63.8 Å². The summed E-state index contributed by atoms with van der Waals surface area (Å²) >= 11 is 0. The molecule has 2 unspecified atom stereocenters. The molecule has 1 aromatic carbocycles. The summed E-state index contributed by atoms with van der Waals surface area (Å²) in [4.78, 5) is 35.3. The van der Waals surface area contributed by atoms with Gasteiger partial charge in [-0.2, -0.15) is 10.1 Å². The number of imidazole rings is 1. The predicted octanol–water partition coefficient (Wildman–Crippen LogP) is 0.814. The summed E-state index contributed by atoms with van der Waals surface area (Å²) in [7, 11) is -4.28. The standard InChI is InChI=1S/C25H32N7O8P/c1-5-11-25(27)19(33)17(39-23(25)32-13-28-18-20(32)29-24(26)30-21(18)34)12-37-41(36,40-16-9-7-6-8-10-16)31-15(4)22(35)38-14(2)3/h6-10,13-15,17,19,23,33H,12,27H2,1-4H3,(H,31,36)(H3,26,29,30,34)/t15-,17+,19-,23+,25?,41?/m0/s1. The SMILES string of the molecule is CC#CC1(N)[C@@H](O)[C@@H](COP(=O)(N[C@@H](C)C(=O)OC(C)C)Oc2ccccc2)O[C@H]1n1cnc2c(=O)[nH]c(N)nc21. The fourth-order valence-electron chi connectivity index (χ4n) is 4.21. The number of benzene rings is 1. The van der Waals surface area contributed by atoms with E-state index in [0.29, 0.717) is 0 Å². The van der Waals surface area contributed by atoms with Gasteiger partial charge in [0.15, 0.2) is 22.9 Å². The second kappa shape index (κ2) is 12.0. The molecule has 3 heterocycles. The maximum absolute atomic E-state index is 13.9. The molecule has 7 N–H and O–H groups in total. The highest BCUT2D eigenvalue weighted by Crippen LogP contribution is 2.47. The smallest absolute Gasteiger partial charge is 0.459 e. The van der Waals surface area contributed by atoms with Crippen molar-refractivity contribution in [3.8, 4) is 17.6 Å². The number of hydrogen-bond acceptors (Lipinski definition) is 12. The molecule has 0 spiro atoms. The summed E-state index contributed by atoms with van der Waals surface area (Å²) in [6.07, 6.45) is -3.03. The van der Waals surface area contributed by atoms with Crippen molar-refractivity contribution in [1.29, 1.82) is 0 Å². The minimum absolute atomic E-state index is 0.0315. The number of aromatic amines is 1. The summed E-state index contributed by atoms with van der Waals surface area (Å²) in [5, 5.41) is 13.8. The fraction of sp³-hybridized carbons (Fsp3) is 0.440. The predicted molar refractivity (Wildman–Crippen MR) is 147 cm³/mol. The molecule has 16 heteroatoms. The molecule has 4 rings (SSSR count). The Balaban J connectivity index is 1.62. The van der Waals surface area contributed by atoms with Gasteiger partial charge in [-0.15, -0.1) is 5.92 Å². The van der Waals surface area contributed by atoms with Gasteiger partial charge in [0.1, 0.15) is 24.0 Å². The lowest BCUT2D eigenvalue weighted by atomic mass is 9.91. The highest BCUT2D eigenvalue weighted by molar-refractivity contribution is 7.52. The van der Waals surface area contributed by atoms with Crippen LogP contribution >= 0.6 is 7.75 Å². The lowest BCUT2D eigenvalue weighted by molar-refractivity contribution is -0.149. The van der Waals surface area contributed by atoms with Gasteiger partial charge in [0.25, 0.3) is 5.56 Å². The van der Waals surface area contributed by atoms with Crippen LogP contribution in [0.5, 0.6) is 5.75 Å². The first kappa shape index (κ1) is 30.2. The van der Waals surface area contributed by atoms with Crippen LogP contribution in [0.1, 0.15) is 33.9 Å². The minimum Gasteiger partial charge on any atom is -0.462 e. The van der Waals surface area contributed by atoms with Gasteiger partial charge < -0.3 is 30.6 Å². The monoisotopic (exact) mass is 589 g/mol. The molecular formula is C25H32N7O8P. The molecule has 0 saturated carbocycles. The zero-order valence-corrected chi connectivity index (χ0v) is 23.7. The van der Waals surface area contributed by atoms with Crippen molar-refractivity contribution in [2.75, 3.05) is 12.3 Å². The van der Waals surface area contributed by atoms with Gasteiger partial charge >= 0.3 is 13.7 Å². The third kappa shape index (κ3) is 6.43. The number of hydrogen-bond donors (Lipinski definition) is 5. The molecule has 0 bridgehead atoms. The molecule has 1 aliphatic rings. The summed E-state index contributed by atoms with van der Waals surface area (Å²) < 4.78 is 37.8. The first-order chi connectivity index (χ1) is 19.4. The van der Waals surface area contributed by atoms with E-state index in [2.05, 4.69) is 31.9 Å². The van der Waals surface area contributed by atoms with Crippen molar-refractivity contribution in [3.05, 3.63) is 47.0 Å². The van der Waals surface area contributed by atoms with Crippen LogP contribution in [-0.2, 0) is 23.4 Å². The second-order valence-electron chi connectivity index (χ2n) is 9.59. The van der Waals surface area contributed by atoms with E-state index < -0.39 is 62.0 Å². The Kier molecular flexibility index (Phi) is 8.83. The molecule has 220 valence electrons. The highest BCUT2D eigenvalue weighted by Gasteiger charge is 2.55. The molecule has 1 saturated heterocycles. The van der Waals surface area contributed by atoms with E-state index in [9.17, 15) is 19.3 Å². The molecule has 6 atom stereocenters. The third-order valence-electron chi connectivity index (χ3n) is 6.03. The number of rotatable bonds is 10. The van der Waals surface area contributed by atoms with Crippen molar-refractivity contribution >= 4 is 30.8 Å². The van der Waals surface area contributed by atoms with Gasteiger partial charge in [-0.1, -0.05) is 24.1 Å². The molecule has 0 radical (unpaired) electrons. The lowest BCUT2D eigenvalue weighted by Gasteiger charge is -2.28. The number of para-hydroxylation sites is 1. The average molecular weight is 590 g/mol.